The molecule has 1 aliphatic heterocycles. The number of carbonyl (C=O) groups excluding carboxylic acids is 1. The lowest BCUT2D eigenvalue weighted by atomic mass is 10.2. The van der Waals surface area contributed by atoms with Gasteiger partial charge in [0.2, 0.25) is 11.9 Å². The Morgan fingerprint density at radius 3 is 2.92 bits per heavy atom. The van der Waals surface area contributed by atoms with E-state index in [4.69, 9.17) is 14.2 Å². The zero-order valence-corrected chi connectivity index (χ0v) is 14.7. The van der Waals surface area contributed by atoms with Crippen LogP contribution in [0.1, 0.15) is 5.56 Å². The van der Waals surface area contributed by atoms with Crippen LogP contribution in [0.3, 0.4) is 0 Å². The van der Waals surface area contributed by atoms with Gasteiger partial charge in [0.05, 0.1) is 0 Å². The van der Waals surface area contributed by atoms with Gasteiger partial charge in [-0.1, -0.05) is 29.5 Å². The molecule has 1 aliphatic rings. The number of fused-ring (bicyclic) bond motifs is 1. The number of hydrogen-bond donors (Lipinski definition) is 1. The van der Waals surface area contributed by atoms with E-state index in [1.807, 2.05) is 49.4 Å². The minimum absolute atomic E-state index is 0.0935. The van der Waals surface area contributed by atoms with Crippen molar-refractivity contribution in [2.45, 2.75) is 6.92 Å². The lowest BCUT2D eigenvalue weighted by molar-refractivity contribution is -0.118. The smallest absolute Gasteiger partial charge is 0.264 e. The van der Waals surface area contributed by atoms with Crippen LogP contribution in [0.15, 0.2) is 42.5 Å². The average Bonchev–Trinajstić information content (AvgIpc) is 3.29. The molecular formula is C18H15N3O4S. The topological polar surface area (TPSA) is 82.6 Å². The Kier molecular flexibility index (Phi) is 4.40. The number of carbonyl (C=O) groups is 1. The molecule has 0 saturated carbocycles. The van der Waals surface area contributed by atoms with Gasteiger partial charge in [-0.25, -0.2) is 0 Å². The quantitative estimate of drug-likeness (QED) is 0.743. The number of para-hydroxylation sites is 1. The molecule has 26 heavy (non-hydrogen) atoms. The Morgan fingerprint density at radius 2 is 2.04 bits per heavy atom. The molecule has 8 heteroatoms. The summed E-state index contributed by atoms with van der Waals surface area (Å²) < 4.78 is 16.2. The van der Waals surface area contributed by atoms with Crippen LogP contribution in [0.25, 0.3) is 10.6 Å². The molecule has 0 spiro atoms. The van der Waals surface area contributed by atoms with E-state index < -0.39 is 0 Å². The Morgan fingerprint density at radius 1 is 1.19 bits per heavy atom. The van der Waals surface area contributed by atoms with Crippen LogP contribution in [0.2, 0.25) is 0 Å². The summed E-state index contributed by atoms with van der Waals surface area (Å²) in [5.74, 6) is 1.78. The highest BCUT2D eigenvalue weighted by Crippen LogP contribution is 2.37. The third-order valence-electron chi connectivity index (χ3n) is 3.74. The molecular weight excluding hydrogens is 354 g/mol. The summed E-state index contributed by atoms with van der Waals surface area (Å²) in [7, 11) is 0. The van der Waals surface area contributed by atoms with E-state index in [-0.39, 0.29) is 19.3 Å². The molecule has 0 radical (unpaired) electrons. The monoisotopic (exact) mass is 369 g/mol. The molecule has 0 atom stereocenters. The molecule has 132 valence electrons. The van der Waals surface area contributed by atoms with Crippen LogP contribution in [0, 0.1) is 6.92 Å². The van der Waals surface area contributed by atoms with Crippen LogP contribution in [-0.4, -0.2) is 29.5 Å². The van der Waals surface area contributed by atoms with E-state index in [1.165, 1.54) is 11.3 Å². The second-order valence-electron chi connectivity index (χ2n) is 5.58. The lowest BCUT2D eigenvalue weighted by Crippen LogP contribution is -2.20. The Hall–Kier alpha value is -3.13. The average molecular weight is 369 g/mol. The Labute approximate surface area is 153 Å². The van der Waals surface area contributed by atoms with Gasteiger partial charge < -0.3 is 14.2 Å². The second-order valence-corrected chi connectivity index (χ2v) is 6.56. The second kappa shape index (κ2) is 7.01. The molecule has 0 bridgehead atoms. The van der Waals surface area contributed by atoms with Crippen molar-refractivity contribution in [2.24, 2.45) is 0 Å². The van der Waals surface area contributed by atoms with Crippen LogP contribution in [0.4, 0.5) is 5.13 Å². The van der Waals surface area contributed by atoms with Crippen LogP contribution in [0.5, 0.6) is 17.2 Å². The largest absolute Gasteiger partial charge is 0.483 e. The van der Waals surface area contributed by atoms with Crippen molar-refractivity contribution < 1.29 is 19.0 Å². The van der Waals surface area contributed by atoms with E-state index in [0.717, 1.165) is 11.1 Å². The first-order chi connectivity index (χ1) is 12.7. The molecule has 0 fully saturated rings. The van der Waals surface area contributed by atoms with Gasteiger partial charge in [0.25, 0.3) is 5.91 Å². The summed E-state index contributed by atoms with van der Waals surface area (Å²) in [6, 6.07) is 13.1. The van der Waals surface area contributed by atoms with Crippen LogP contribution >= 0.6 is 11.3 Å². The van der Waals surface area contributed by atoms with Crippen molar-refractivity contribution in [2.75, 3.05) is 18.7 Å². The first kappa shape index (κ1) is 16.3. The summed E-state index contributed by atoms with van der Waals surface area (Å²) in [4.78, 5) is 12.1. The molecule has 1 aromatic heterocycles. The van der Waals surface area contributed by atoms with Gasteiger partial charge in [-0.2, -0.15) is 0 Å². The van der Waals surface area contributed by atoms with Gasteiger partial charge in [0, 0.05) is 5.56 Å². The van der Waals surface area contributed by atoms with E-state index >= 15 is 0 Å². The van der Waals surface area contributed by atoms with Gasteiger partial charge >= 0.3 is 0 Å². The first-order valence-corrected chi connectivity index (χ1v) is 8.72. The first-order valence-electron chi connectivity index (χ1n) is 7.91. The molecule has 0 unspecified atom stereocenters. The highest BCUT2D eigenvalue weighted by Gasteiger charge is 2.16. The van der Waals surface area contributed by atoms with Gasteiger partial charge in [-0.3, -0.25) is 10.1 Å². The number of aryl methyl sites for hydroxylation is 1. The third-order valence-corrected chi connectivity index (χ3v) is 4.63. The highest BCUT2D eigenvalue weighted by atomic mass is 32.1. The molecule has 1 N–H and O–H groups in total. The molecule has 4 rings (SSSR count). The number of benzene rings is 2. The molecule has 0 saturated heterocycles. The number of nitrogens with one attached hydrogen (secondary N) is 1. The minimum atomic E-state index is -0.290. The highest BCUT2D eigenvalue weighted by molar-refractivity contribution is 7.18. The number of aromatic nitrogens is 2. The third kappa shape index (κ3) is 3.45. The molecule has 0 aliphatic carbocycles. The molecule has 3 aromatic rings. The normalized spacial score (nSPS) is 12.0. The standard InChI is InChI=1S/C18H15N3O4S/c1-11-4-2-3-5-13(11)23-9-16(22)19-18-21-20-17(26-18)12-6-7-14-15(8-12)25-10-24-14/h2-8H,9-10H2,1H3,(H,19,21,22). The minimum Gasteiger partial charge on any atom is -0.483 e. The van der Waals surface area contributed by atoms with Crippen molar-refractivity contribution in [3.63, 3.8) is 0 Å². The van der Waals surface area contributed by atoms with Crippen molar-refractivity contribution in [1.29, 1.82) is 0 Å². The number of amides is 1. The predicted molar refractivity (Wildman–Crippen MR) is 96.8 cm³/mol. The summed E-state index contributed by atoms with van der Waals surface area (Å²) in [5, 5.41) is 11.9. The zero-order chi connectivity index (χ0) is 17.9. The fraction of sp³-hybridized carbons (Fsp3) is 0.167. The maximum absolute atomic E-state index is 12.1. The van der Waals surface area contributed by atoms with E-state index in [2.05, 4.69) is 15.5 Å². The SMILES string of the molecule is Cc1ccccc1OCC(=O)Nc1nnc(-c2ccc3c(c2)OCO3)s1. The zero-order valence-electron chi connectivity index (χ0n) is 13.9. The number of hydrogen-bond acceptors (Lipinski definition) is 7. The van der Waals surface area contributed by atoms with Crippen molar-refractivity contribution >= 4 is 22.4 Å². The van der Waals surface area contributed by atoms with E-state index in [1.54, 1.807) is 0 Å². The fourth-order valence-corrected chi connectivity index (χ4v) is 3.19. The van der Waals surface area contributed by atoms with E-state index in [0.29, 0.717) is 27.4 Å². The molecule has 7 nitrogen and oxygen atoms in total. The number of ether oxygens (including phenoxy) is 3. The van der Waals surface area contributed by atoms with Crippen molar-refractivity contribution in [3.05, 3.63) is 48.0 Å². The summed E-state index contributed by atoms with van der Waals surface area (Å²) in [6.07, 6.45) is 0. The molecule has 2 heterocycles. The number of nitrogens with zero attached hydrogens (tertiary/aromatic N) is 2. The fourth-order valence-electron chi connectivity index (χ4n) is 2.44. The summed E-state index contributed by atoms with van der Waals surface area (Å²) in [5.41, 5.74) is 1.82. The van der Waals surface area contributed by atoms with E-state index in [9.17, 15) is 4.79 Å². The van der Waals surface area contributed by atoms with Gasteiger partial charge in [0.1, 0.15) is 10.8 Å². The van der Waals surface area contributed by atoms with Crippen LogP contribution in [-0.2, 0) is 4.79 Å². The van der Waals surface area contributed by atoms with Crippen LogP contribution < -0.4 is 19.5 Å². The van der Waals surface area contributed by atoms with Crippen molar-refractivity contribution in [1.82, 2.24) is 10.2 Å². The van der Waals surface area contributed by atoms with Gasteiger partial charge in [-0.15, -0.1) is 10.2 Å². The number of rotatable bonds is 5. The Bertz CT molecular complexity index is 957. The molecule has 1 amide bonds. The number of anilines is 1. The maximum Gasteiger partial charge on any atom is 0.264 e. The predicted octanol–water partition coefficient (Wildman–Crippen LogP) is 3.26. The van der Waals surface area contributed by atoms with Crippen molar-refractivity contribution in [3.8, 4) is 27.8 Å². The van der Waals surface area contributed by atoms with Gasteiger partial charge in [0.15, 0.2) is 18.1 Å². The summed E-state index contributed by atoms with van der Waals surface area (Å²) >= 11 is 1.28. The van der Waals surface area contributed by atoms with Gasteiger partial charge in [-0.05, 0) is 36.8 Å². The summed E-state index contributed by atoms with van der Waals surface area (Å²) in [6.45, 7) is 2.05. The molecule has 2 aromatic carbocycles. The lowest BCUT2D eigenvalue weighted by Gasteiger charge is -2.07. The maximum atomic E-state index is 12.1. The Balaban J connectivity index is 1.39.